The van der Waals surface area contributed by atoms with Crippen LogP contribution in [0.3, 0.4) is 0 Å². The first-order valence-electron chi connectivity index (χ1n) is 7.23. The van der Waals surface area contributed by atoms with Gasteiger partial charge in [0.1, 0.15) is 0 Å². The summed E-state index contributed by atoms with van der Waals surface area (Å²) in [6, 6.07) is -0.0188. The van der Waals surface area contributed by atoms with E-state index in [0.29, 0.717) is 11.5 Å². The fourth-order valence-corrected chi connectivity index (χ4v) is 2.63. The monoisotopic (exact) mass is 298 g/mol. The first kappa shape index (κ1) is 14.4. The molecule has 1 aliphatic heterocycles. The van der Waals surface area contributed by atoms with Gasteiger partial charge in [-0.3, -0.25) is 14.8 Å². The molecule has 0 saturated carbocycles. The van der Waals surface area contributed by atoms with Crippen LogP contribution in [-0.2, 0) is 0 Å². The molecule has 1 aliphatic rings. The van der Waals surface area contributed by atoms with Crippen molar-refractivity contribution in [2.45, 2.75) is 18.9 Å². The van der Waals surface area contributed by atoms with E-state index in [1.807, 2.05) is 19.0 Å². The standard InChI is InChI=1S/C15H18N6O/c1-20(2)15-18-8-11(9-19-15)14(22)21-7-3-4-13(21)12-10-16-5-6-17-12/h5-6,8-10,13H,3-4,7H2,1-2H3. The fraction of sp³-hybridized carbons (Fsp3) is 0.400. The van der Waals surface area contributed by atoms with Crippen LogP contribution in [0.4, 0.5) is 5.95 Å². The average Bonchev–Trinajstić information content (AvgIpc) is 3.04. The van der Waals surface area contributed by atoms with E-state index in [-0.39, 0.29) is 11.9 Å². The number of likely N-dealkylation sites (tertiary alicyclic amines) is 1. The van der Waals surface area contributed by atoms with Crippen molar-refractivity contribution in [2.24, 2.45) is 0 Å². The third-order valence-electron chi connectivity index (χ3n) is 3.72. The first-order valence-corrected chi connectivity index (χ1v) is 7.23. The zero-order valence-electron chi connectivity index (χ0n) is 12.7. The normalized spacial score (nSPS) is 17.5. The van der Waals surface area contributed by atoms with Gasteiger partial charge in [-0.2, -0.15) is 0 Å². The second-order valence-corrected chi connectivity index (χ2v) is 5.45. The quantitative estimate of drug-likeness (QED) is 0.850. The molecule has 2 aromatic rings. The second-order valence-electron chi connectivity index (χ2n) is 5.45. The van der Waals surface area contributed by atoms with Gasteiger partial charge in [0, 0.05) is 45.4 Å². The highest BCUT2D eigenvalue weighted by molar-refractivity contribution is 5.94. The van der Waals surface area contributed by atoms with Crippen molar-refractivity contribution >= 4 is 11.9 Å². The van der Waals surface area contributed by atoms with Gasteiger partial charge < -0.3 is 9.80 Å². The van der Waals surface area contributed by atoms with Crippen LogP contribution in [0.2, 0.25) is 0 Å². The summed E-state index contributed by atoms with van der Waals surface area (Å²) in [4.78, 5) is 33.2. The predicted octanol–water partition coefficient (Wildman–Crippen LogP) is 1.31. The number of rotatable bonds is 3. The minimum Gasteiger partial charge on any atom is -0.347 e. The first-order chi connectivity index (χ1) is 10.7. The Balaban J connectivity index is 1.81. The maximum absolute atomic E-state index is 12.7. The molecule has 0 aromatic carbocycles. The summed E-state index contributed by atoms with van der Waals surface area (Å²) >= 11 is 0. The molecule has 0 radical (unpaired) electrons. The van der Waals surface area contributed by atoms with Crippen LogP contribution in [0.15, 0.2) is 31.0 Å². The van der Waals surface area contributed by atoms with Crippen LogP contribution in [-0.4, -0.2) is 51.4 Å². The third kappa shape index (κ3) is 2.74. The Labute approximate surface area is 129 Å². The largest absolute Gasteiger partial charge is 0.347 e. The number of hydrogen-bond donors (Lipinski definition) is 0. The van der Waals surface area contributed by atoms with Gasteiger partial charge in [0.05, 0.1) is 23.5 Å². The van der Waals surface area contributed by atoms with Crippen molar-refractivity contribution in [1.82, 2.24) is 24.8 Å². The van der Waals surface area contributed by atoms with Crippen molar-refractivity contribution in [3.8, 4) is 0 Å². The summed E-state index contributed by atoms with van der Waals surface area (Å²) in [7, 11) is 3.73. The minimum absolute atomic E-state index is 0.0188. The molecule has 1 saturated heterocycles. The molecule has 22 heavy (non-hydrogen) atoms. The topological polar surface area (TPSA) is 75.1 Å². The smallest absolute Gasteiger partial charge is 0.257 e. The summed E-state index contributed by atoms with van der Waals surface area (Å²) in [6.07, 6.45) is 10.0. The van der Waals surface area contributed by atoms with Crippen molar-refractivity contribution in [2.75, 3.05) is 25.5 Å². The van der Waals surface area contributed by atoms with E-state index in [0.717, 1.165) is 25.1 Å². The summed E-state index contributed by atoms with van der Waals surface area (Å²) in [5, 5.41) is 0. The van der Waals surface area contributed by atoms with E-state index in [4.69, 9.17) is 0 Å². The molecular formula is C15H18N6O. The maximum atomic E-state index is 12.7. The van der Waals surface area contributed by atoms with Crippen molar-refractivity contribution in [3.05, 3.63) is 42.2 Å². The minimum atomic E-state index is -0.0570. The third-order valence-corrected chi connectivity index (χ3v) is 3.72. The fourth-order valence-electron chi connectivity index (χ4n) is 2.63. The lowest BCUT2D eigenvalue weighted by Crippen LogP contribution is -2.31. The van der Waals surface area contributed by atoms with E-state index >= 15 is 0 Å². The predicted molar refractivity (Wildman–Crippen MR) is 81.4 cm³/mol. The van der Waals surface area contributed by atoms with Gasteiger partial charge in [-0.1, -0.05) is 0 Å². The zero-order chi connectivity index (χ0) is 15.5. The molecule has 1 unspecified atom stereocenters. The lowest BCUT2D eigenvalue weighted by atomic mass is 10.1. The summed E-state index contributed by atoms with van der Waals surface area (Å²) in [5.74, 6) is 0.530. The Kier molecular flexibility index (Phi) is 3.95. The zero-order valence-corrected chi connectivity index (χ0v) is 12.7. The van der Waals surface area contributed by atoms with E-state index in [2.05, 4.69) is 19.9 Å². The molecule has 3 heterocycles. The van der Waals surface area contributed by atoms with Crippen molar-refractivity contribution in [1.29, 1.82) is 0 Å². The number of hydrogen-bond acceptors (Lipinski definition) is 6. The second kappa shape index (κ2) is 6.05. The molecule has 0 spiro atoms. The molecule has 0 bridgehead atoms. The van der Waals surface area contributed by atoms with Gasteiger partial charge in [-0.25, -0.2) is 9.97 Å². The molecule has 7 heteroatoms. The molecule has 3 rings (SSSR count). The molecule has 1 fully saturated rings. The van der Waals surface area contributed by atoms with E-state index in [1.54, 1.807) is 35.9 Å². The molecule has 7 nitrogen and oxygen atoms in total. The molecule has 0 N–H and O–H groups in total. The SMILES string of the molecule is CN(C)c1ncc(C(=O)N2CCCC2c2cnccn2)cn1. The highest BCUT2D eigenvalue weighted by Gasteiger charge is 2.31. The van der Waals surface area contributed by atoms with Gasteiger partial charge in [-0.15, -0.1) is 0 Å². The molecule has 1 atom stereocenters. The van der Waals surface area contributed by atoms with Crippen LogP contribution in [0.1, 0.15) is 34.9 Å². The Morgan fingerprint density at radius 1 is 1.18 bits per heavy atom. The van der Waals surface area contributed by atoms with Gasteiger partial charge >= 0.3 is 0 Å². The van der Waals surface area contributed by atoms with Gasteiger partial charge in [0.2, 0.25) is 5.95 Å². The average molecular weight is 298 g/mol. The molecular weight excluding hydrogens is 280 g/mol. The lowest BCUT2D eigenvalue weighted by molar-refractivity contribution is 0.0732. The Morgan fingerprint density at radius 3 is 2.59 bits per heavy atom. The number of anilines is 1. The number of carbonyl (C=O) groups excluding carboxylic acids is 1. The number of nitrogens with zero attached hydrogens (tertiary/aromatic N) is 6. The number of carbonyl (C=O) groups is 1. The van der Waals surface area contributed by atoms with Crippen LogP contribution in [0, 0.1) is 0 Å². The lowest BCUT2D eigenvalue weighted by Gasteiger charge is -2.24. The van der Waals surface area contributed by atoms with Crippen molar-refractivity contribution in [3.63, 3.8) is 0 Å². The van der Waals surface area contributed by atoms with Gasteiger partial charge in [-0.05, 0) is 12.8 Å². The Hall–Kier alpha value is -2.57. The van der Waals surface area contributed by atoms with Crippen molar-refractivity contribution < 1.29 is 4.79 Å². The molecule has 1 amide bonds. The highest BCUT2D eigenvalue weighted by Crippen LogP contribution is 2.31. The number of amides is 1. The molecule has 114 valence electrons. The molecule has 2 aromatic heterocycles. The highest BCUT2D eigenvalue weighted by atomic mass is 16.2. The van der Waals surface area contributed by atoms with Gasteiger partial charge in [0.15, 0.2) is 0 Å². The summed E-state index contributed by atoms with van der Waals surface area (Å²) < 4.78 is 0. The Bertz CT molecular complexity index is 643. The summed E-state index contributed by atoms with van der Waals surface area (Å²) in [6.45, 7) is 0.718. The van der Waals surface area contributed by atoms with Gasteiger partial charge in [0.25, 0.3) is 5.91 Å². The van der Waals surface area contributed by atoms with Crippen LogP contribution < -0.4 is 4.90 Å². The number of aromatic nitrogens is 4. The van der Waals surface area contributed by atoms with E-state index in [9.17, 15) is 4.79 Å². The molecule has 0 aliphatic carbocycles. The maximum Gasteiger partial charge on any atom is 0.257 e. The van der Waals surface area contributed by atoms with Crippen LogP contribution in [0.25, 0.3) is 0 Å². The van der Waals surface area contributed by atoms with E-state index < -0.39 is 0 Å². The van der Waals surface area contributed by atoms with E-state index in [1.165, 1.54) is 0 Å². The van der Waals surface area contributed by atoms with Crippen LogP contribution in [0.5, 0.6) is 0 Å². The summed E-state index contributed by atoms with van der Waals surface area (Å²) in [5.41, 5.74) is 1.33. The van der Waals surface area contributed by atoms with Crippen LogP contribution >= 0.6 is 0 Å². The Morgan fingerprint density at radius 2 is 1.95 bits per heavy atom.